The highest BCUT2D eigenvalue weighted by molar-refractivity contribution is 7.92. The van der Waals surface area contributed by atoms with Crippen molar-refractivity contribution in [2.45, 2.75) is 68.5 Å². The summed E-state index contributed by atoms with van der Waals surface area (Å²) in [6, 6.07) is 8.23. The van der Waals surface area contributed by atoms with Gasteiger partial charge in [0.1, 0.15) is 5.25 Å². The van der Waals surface area contributed by atoms with Crippen molar-refractivity contribution >= 4 is 23.9 Å². The fourth-order valence-electron chi connectivity index (χ4n) is 2.91. The Morgan fingerprint density at radius 2 is 1.67 bits per heavy atom. The number of benzene rings is 1. The molecule has 0 amide bonds. The number of Topliss-reactive ketones (excluding diaryl/α,β-unsaturated/α-hetero) is 1. The second-order valence-corrected chi connectivity index (χ2v) is 15.1. The SMILES string of the molecule is C[C@@H]1[C@@H](O[Si](C)(C)C(C)(C)C)CC(=O)[C@H]1S(=O)(=O)c1ccccc1. The minimum absolute atomic E-state index is 0.0200. The van der Waals surface area contributed by atoms with Gasteiger partial charge in [-0.1, -0.05) is 45.9 Å². The van der Waals surface area contributed by atoms with Crippen molar-refractivity contribution in [2.24, 2.45) is 5.92 Å². The van der Waals surface area contributed by atoms with Crippen LogP contribution in [0.5, 0.6) is 0 Å². The van der Waals surface area contributed by atoms with E-state index in [0.29, 0.717) is 0 Å². The molecular formula is C18H28O4SSi. The van der Waals surface area contributed by atoms with Crippen LogP contribution in [0.15, 0.2) is 35.2 Å². The molecule has 0 saturated heterocycles. The number of carbonyl (C=O) groups is 1. The highest BCUT2D eigenvalue weighted by Crippen LogP contribution is 2.42. The summed E-state index contributed by atoms with van der Waals surface area (Å²) in [6.07, 6.45) is -0.133. The average molecular weight is 369 g/mol. The first kappa shape index (κ1) is 19.3. The van der Waals surface area contributed by atoms with Crippen LogP contribution in [0.4, 0.5) is 0 Å². The summed E-state index contributed by atoms with van der Waals surface area (Å²) in [4.78, 5) is 12.7. The Labute approximate surface area is 146 Å². The molecule has 1 saturated carbocycles. The van der Waals surface area contributed by atoms with Crippen molar-refractivity contribution < 1.29 is 17.6 Å². The van der Waals surface area contributed by atoms with E-state index < -0.39 is 23.4 Å². The molecular weight excluding hydrogens is 340 g/mol. The zero-order chi connectivity index (χ0) is 18.3. The molecule has 4 nitrogen and oxygen atoms in total. The third-order valence-corrected chi connectivity index (χ3v) is 12.2. The van der Waals surface area contributed by atoms with E-state index >= 15 is 0 Å². The summed E-state index contributed by atoms with van der Waals surface area (Å²) in [6.45, 7) is 12.5. The van der Waals surface area contributed by atoms with Gasteiger partial charge in [-0.05, 0) is 30.3 Å². The number of carbonyl (C=O) groups excluding carboxylic acids is 1. The first-order valence-electron chi connectivity index (χ1n) is 8.37. The topological polar surface area (TPSA) is 60.4 Å². The van der Waals surface area contributed by atoms with Crippen molar-refractivity contribution in [3.8, 4) is 0 Å². The Hall–Kier alpha value is -0.983. The maximum Gasteiger partial charge on any atom is 0.192 e. The quantitative estimate of drug-likeness (QED) is 0.758. The smallest absolute Gasteiger partial charge is 0.192 e. The Balaban J connectivity index is 2.29. The molecule has 0 aromatic heterocycles. The lowest BCUT2D eigenvalue weighted by Gasteiger charge is -2.39. The fraction of sp³-hybridized carbons (Fsp3) is 0.611. The molecule has 134 valence electrons. The van der Waals surface area contributed by atoms with E-state index in [1.54, 1.807) is 30.3 Å². The van der Waals surface area contributed by atoms with Crippen molar-refractivity contribution in [3.63, 3.8) is 0 Å². The van der Waals surface area contributed by atoms with E-state index in [1.807, 2.05) is 6.92 Å². The standard InChI is InChI=1S/C18H28O4SSi/c1-13-16(22-24(5,6)18(2,3)4)12-15(19)17(13)23(20,21)14-10-8-7-9-11-14/h7-11,13,16-17H,12H2,1-6H3/t13-,16+,17+/m1/s1. The van der Waals surface area contributed by atoms with Crippen LogP contribution in [0.25, 0.3) is 0 Å². The minimum atomic E-state index is -3.68. The van der Waals surface area contributed by atoms with E-state index in [9.17, 15) is 13.2 Å². The summed E-state index contributed by atoms with van der Waals surface area (Å²) in [5.74, 6) is -0.563. The van der Waals surface area contributed by atoms with Gasteiger partial charge in [0.2, 0.25) is 0 Å². The molecule has 1 aromatic carbocycles. The zero-order valence-corrected chi connectivity index (χ0v) is 17.2. The van der Waals surface area contributed by atoms with E-state index in [0.717, 1.165) is 0 Å². The van der Waals surface area contributed by atoms with Gasteiger partial charge < -0.3 is 4.43 Å². The fourth-order valence-corrected chi connectivity index (χ4v) is 6.33. The van der Waals surface area contributed by atoms with Gasteiger partial charge in [-0.3, -0.25) is 4.79 Å². The van der Waals surface area contributed by atoms with Gasteiger partial charge in [0.25, 0.3) is 0 Å². The van der Waals surface area contributed by atoms with Crippen LogP contribution in [-0.2, 0) is 19.1 Å². The van der Waals surface area contributed by atoms with Crippen LogP contribution in [0.3, 0.4) is 0 Å². The van der Waals surface area contributed by atoms with Crippen LogP contribution in [-0.4, -0.2) is 33.9 Å². The van der Waals surface area contributed by atoms with Gasteiger partial charge in [-0.2, -0.15) is 0 Å². The summed E-state index contributed by atoms with van der Waals surface area (Å²) < 4.78 is 32.2. The third kappa shape index (κ3) is 3.50. The normalized spacial score (nSPS) is 25.9. The lowest BCUT2D eigenvalue weighted by Crippen LogP contribution is -2.45. The molecule has 24 heavy (non-hydrogen) atoms. The van der Waals surface area contributed by atoms with Gasteiger partial charge in [0.05, 0.1) is 11.0 Å². The molecule has 0 N–H and O–H groups in total. The largest absolute Gasteiger partial charge is 0.413 e. The van der Waals surface area contributed by atoms with Crippen LogP contribution in [0.1, 0.15) is 34.1 Å². The Bertz CT molecular complexity index is 704. The van der Waals surface area contributed by atoms with Gasteiger partial charge >= 0.3 is 0 Å². The predicted octanol–water partition coefficient (Wildman–Crippen LogP) is 3.83. The molecule has 2 rings (SSSR count). The molecule has 1 fully saturated rings. The Kier molecular flexibility index (Phi) is 5.15. The lowest BCUT2D eigenvalue weighted by atomic mass is 10.1. The van der Waals surface area contributed by atoms with E-state index in [1.165, 1.54) is 0 Å². The summed E-state index contributed by atoms with van der Waals surface area (Å²) >= 11 is 0. The first-order chi connectivity index (χ1) is 10.9. The van der Waals surface area contributed by atoms with Crippen molar-refractivity contribution in [3.05, 3.63) is 30.3 Å². The molecule has 0 bridgehead atoms. The number of hydrogen-bond acceptors (Lipinski definition) is 4. The lowest BCUT2D eigenvalue weighted by molar-refractivity contribution is -0.117. The van der Waals surface area contributed by atoms with Crippen molar-refractivity contribution in [1.82, 2.24) is 0 Å². The molecule has 0 aliphatic heterocycles. The number of ketones is 1. The number of sulfone groups is 1. The average Bonchev–Trinajstić information content (AvgIpc) is 2.73. The third-order valence-electron chi connectivity index (χ3n) is 5.44. The van der Waals surface area contributed by atoms with Gasteiger partial charge in [-0.15, -0.1) is 0 Å². The molecule has 0 heterocycles. The predicted molar refractivity (Wildman–Crippen MR) is 98.3 cm³/mol. The second-order valence-electron chi connectivity index (χ2n) is 8.22. The maximum atomic E-state index is 12.9. The van der Waals surface area contributed by atoms with Crippen LogP contribution < -0.4 is 0 Å². The molecule has 0 radical (unpaired) electrons. The minimum Gasteiger partial charge on any atom is -0.413 e. The van der Waals surface area contributed by atoms with E-state index in [-0.39, 0.29) is 34.2 Å². The van der Waals surface area contributed by atoms with Crippen LogP contribution >= 0.6 is 0 Å². The molecule has 3 atom stereocenters. The maximum absolute atomic E-state index is 12.9. The zero-order valence-electron chi connectivity index (χ0n) is 15.4. The summed E-state index contributed by atoms with van der Waals surface area (Å²) in [7, 11) is -5.73. The highest BCUT2D eigenvalue weighted by atomic mass is 32.2. The Morgan fingerprint density at radius 3 is 2.17 bits per heavy atom. The molecule has 1 aromatic rings. The van der Waals surface area contributed by atoms with E-state index in [4.69, 9.17) is 4.43 Å². The number of rotatable bonds is 4. The van der Waals surface area contributed by atoms with Crippen molar-refractivity contribution in [1.29, 1.82) is 0 Å². The second kappa shape index (κ2) is 6.39. The van der Waals surface area contributed by atoms with Gasteiger partial charge in [0.15, 0.2) is 23.9 Å². The number of hydrogen-bond donors (Lipinski definition) is 0. The van der Waals surface area contributed by atoms with E-state index in [2.05, 4.69) is 33.9 Å². The molecule has 1 aliphatic rings. The Morgan fingerprint density at radius 1 is 1.12 bits per heavy atom. The van der Waals surface area contributed by atoms with Gasteiger partial charge in [-0.25, -0.2) is 8.42 Å². The van der Waals surface area contributed by atoms with Gasteiger partial charge in [0, 0.05) is 12.3 Å². The monoisotopic (exact) mass is 368 g/mol. The molecule has 0 unspecified atom stereocenters. The van der Waals surface area contributed by atoms with Crippen LogP contribution in [0.2, 0.25) is 18.1 Å². The summed E-state index contributed by atoms with van der Waals surface area (Å²) in [5, 5.41) is -0.985. The van der Waals surface area contributed by atoms with Crippen LogP contribution in [0, 0.1) is 5.92 Å². The molecule has 1 aliphatic carbocycles. The molecule has 6 heteroatoms. The summed E-state index contributed by atoms with van der Waals surface area (Å²) in [5.41, 5.74) is 0. The molecule has 0 spiro atoms. The first-order valence-corrected chi connectivity index (χ1v) is 12.8. The highest BCUT2D eigenvalue weighted by Gasteiger charge is 2.51. The van der Waals surface area contributed by atoms with Crippen molar-refractivity contribution in [2.75, 3.05) is 0 Å².